The van der Waals surface area contributed by atoms with E-state index in [0.717, 1.165) is 12.0 Å². The number of nitrogens with two attached hydrogens (primary N) is 1. The summed E-state index contributed by atoms with van der Waals surface area (Å²) < 4.78 is 5.13. The van der Waals surface area contributed by atoms with Crippen LogP contribution in [0, 0.1) is 0 Å². The first-order valence-corrected chi connectivity index (χ1v) is 6.85. The Balaban J connectivity index is 0.00000220. The molecule has 0 amide bonds. The van der Waals surface area contributed by atoms with Crippen molar-refractivity contribution in [2.45, 2.75) is 31.8 Å². The first-order chi connectivity index (χ1) is 9.70. The van der Waals surface area contributed by atoms with Gasteiger partial charge in [-0.2, -0.15) is 0 Å². The molecular weight excluding hydrogens is 292 g/mol. The number of hydrogen-bond acceptors (Lipinski definition) is 5. The molecule has 0 saturated carbocycles. The van der Waals surface area contributed by atoms with Gasteiger partial charge in [-0.05, 0) is 18.9 Å². The maximum atomic E-state index is 12.2. The summed E-state index contributed by atoms with van der Waals surface area (Å²) in [5.74, 6) is -0.358. The molecule has 0 radical (unpaired) electrons. The Morgan fingerprint density at radius 2 is 2.14 bits per heavy atom. The Hall–Kier alpha value is -1.59. The van der Waals surface area contributed by atoms with Crippen molar-refractivity contribution in [3.05, 3.63) is 35.9 Å². The quantitative estimate of drug-likeness (QED) is 0.816. The minimum absolute atomic E-state index is 0. The van der Waals surface area contributed by atoms with Crippen molar-refractivity contribution in [2.24, 2.45) is 10.9 Å². The molecule has 5 nitrogen and oxygen atoms in total. The first kappa shape index (κ1) is 17.5. The third-order valence-electron chi connectivity index (χ3n) is 3.38. The molecule has 0 aliphatic carbocycles. The molecule has 1 heterocycles. The van der Waals surface area contributed by atoms with E-state index in [-0.39, 0.29) is 18.4 Å². The van der Waals surface area contributed by atoms with Crippen LogP contribution in [0.2, 0.25) is 0 Å². The number of hydrogen-bond donors (Lipinski definition) is 1. The van der Waals surface area contributed by atoms with Crippen LogP contribution >= 0.6 is 12.4 Å². The minimum atomic E-state index is -1.01. The van der Waals surface area contributed by atoms with Crippen LogP contribution in [0.15, 0.2) is 35.5 Å². The molecule has 2 rings (SSSR count). The van der Waals surface area contributed by atoms with Crippen LogP contribution in [0.1, 0.15) is 25.3 Å². The Bertz CT molecular complexity index is 493. The van der Waals surface area contributed by atoms with Gasteiger partial charge in [0.05, 0.1) is 12.3 Å². The van der Waals surface area contributed by atoms with E-state index in [1.807, 2.05) is 30.3 Å². The lowest BCUT2D eigenvalue weighted by atomic mass is 9.90. The molecule has 1 aliphatic heterocycles. The van der Waals surface area contributed by atoms with Gasteiger partial charge in [0.25, 0.3) is 0 Å². The molecule has 1 aromatic rings. The molecule has 21 heavy (non-hydrogen) atoms. The molecule has 1 aromatic carbocycles. The smallest absolute Gasteiger partial charge is 0.353 e. The third-order valence-corrected chi connectivity index (χ3v) is 3.38. The highest BCUT2D eigenvalue weighted by Gasteiger charge is 2.47. The van der Waals surface area contributed by atoms with Crippen molar-refractivity contribution in [1.82, 2.24) is 0 Å². The standard InChI is InChI=1S/C15H20N2O3.ClH/c1-2-19-14(18)15(10-13(11-16)17-20-15)9-8-12-6-4-3-5-7-12;/h3-7H,2,8-11,16H2,1H3;1H. The van der Waals surface area contributed by atoms with Gasteiger partial charge < -0.3 is 15.3 Å². The van der Waals surface area contributed by atoms with Gasteiger partial charge in [-0.3, -0.25) is 0 Å². The molecule has 1 atom stereocenters. The van der Waals surface area contributed by atoms with Crippen LogP contribution in [-0.4, -0.2) is 30.4 Å². The number of rotatable bonds is 6. The molecule has 116 valence electrons. The molecule has 6 heteroatoms. The molecule has 0 fully saturated rings. The predicted octanol–water partition coefficient (Wildman–Crippen LogP) is 2.08. The monoisotopic (exact) mass is 312 g/mol. The number of carbonyl (C=O) groups is 1. The third kappa shape index (κ3) is 4.19. The molecular formula is C15H21ClN2O3. The summed E-state index contributed by atoms with van der Waals surface area (Å²) in [5.41, 5.74) is 6.41. The van der Waals surface area contributed by atoms with Crippen LogP contribution in [0.4, 0.5) is 0 Å². The van der Waals surface area contributed by atoms with Crippen molar-refractivity contribution in [3.63, 3.8) is 0 Å². The number of halogens is 1. The van der Waals surface area contributed by atoms with E-state index in [4.69, 9.17) is 15.3 Å². The lowest BCUT2D eigenvalue weighted by molar-refractivity contribution is -0.169. The number of benzene rings is 1. The zero-order chi connectivity index (χ0) is 14.4. The van der Waals surface area contributed by atoms with Crippen LogP contribution in [-0.2, 0) is 20.8 Å². The number of carbonyl (C=O) groups excluding carboxylic acids is 1. The summed E-state index contributed by atoms with van der Waals surface area (Å²) >= 11 is 0. The molecule has 0 saturated heterocycles. The summed E-state index contributed by atoms with van der Waals surface area (Å²) in [6, 6.07) is 9.97. The van der Waals surface area contributed by atoms with E-state index in [2.05, 4.69) is 5.16 Å². The van der Waals surface area contributed by atoms with E-state index in [0.29, 0.717) is 31.7 Å². The van der Waals surface area contributed by atoms with Crippen LogP contribution in [0.25, 0.3) is 0 Å². The van der Waals surface area contributed by atoms with E-state index in [1.165, 1.54) is 0 Å². The zero-order valence-electron chi connectivity index (χ0n) is 12.1. The topological polar surface area (TPSA) is 73.9 Å². The summed E-state index contributed by atoms with van der Waals surface area (Å²) in [7, 11) is 0. The Labute approximate surface area is 130 Å². The summed E-state index contributed by atoms with van der Waals surface area (Å²) in [5, 5.41) is 3.91. The van der Waals surface area contributed by atoms with Crippen LogP contribution < -0.4 is 5.73 Å². The van der Waals surface area contributed by atoms with Crippen molar-refractivity contribution in [1.29, 1.82) is 0 Å². The van der Waals surface area contributed by atoms with Crippen LogP contribution in [0.3, 0.4) is 0 Å². The summed E-state index contributed by atoms with van der Waals surface area (Å²) in [4.78, 5) is 17.6. The number of aryl methyl sites for hydroxylation is 1. The minimum Gasteiger partial charge on any atom is -0.463 e. The maximum absolute atomic E-state index is 12.2. The molecule has 0 aromatic heterocycles. The van der Waals surface area contributed by atoms with Gasteiger partial charge in [0.15, 0.2) is 0 Å². The average molecular weight is 313 g/mol. The lowest BCUT2D eigenvalue weighted by Crippen LogP contribution is -2.41. The predicted molar refractivity (Wildman–Crippen MR) is 83.6 cm³/mol. The van der Waals surface area contributed by atoms with Gasteiger partial charge in [-0.15, -0.1) is 12.4 Å². The highest BCUT2D eigenvalue weighted by atomic mass is 35.5. The zero-order valence-corrected chi connectivity index (χ0v) is 12.9. The number of nitrogens with zero attached hydrogens (tertiary/aromatic N) is 1. The van der Waals surface area contributed by atoms with Gasteiger partial charge in [-0.25, -0.2) is 4.79 Å². The molecule has 1 unspecified atom stereocenters. The molecule has 1 aliphatic rings. The highest BCUT2D eigenvalue weighted by molar-refractivity contribution is 5.94. The van der Waals surface area contributed by atoms with Gasteiger partial charge in [0.1, 0.15) is 0 Å². The second kappa shape index (κ2) is 8.00. The fourth-order valence-corrected chi connectivity index (χ4v) is 2.25. The Morgan fingerprint density at radius 1 is 1.43 bits per heavy atom. The van der Waals surface area contributed by atoms with Gasteiger partial charge in [0.2, 0.25) is 5.60 Å². The highest BCUT2D eigenvalue weighted by Crippen LogP contribution is 2.30. The van der Waals surface area contributed by atoms with E-state index in [9.17, 15) is 4.79 Å². The maximum Gasteiger partial charge on any atom is 0.353 e. The number of oxime groups is 1. The fraction of sp³-hybridized carbons (Fsp3) is 0.467. The Kier molecular flexibility index (Phi) is 6.65. The van der Waals surface area contributed by atoms with Crippen molar-refractivity contribution in [3.8, 4) is 0 Å². The normalized spacial score (nSPS) is 20.2. The van der Waals surface area contributed by atoms with Crippen molar-refractivity contribution in [2.75, 3.05) is 13.2 Å². The average Bonchev–Trinajstić information content (AvgIpc) is 2.92. The van der Waals surface area contributed by atoms with Gasteiger partial charge in [-0.1, -0.05) is 35.5 Å². The van der Waals surface area contributed by atoms with Crippen LogP contribution in [0.5, 0.6) is 0 Å². The molecule has 2 N–H and O–H groups in total. The van der Waals surface area contributed by atoms with E-state index >= 15 is 0 Å². The molecule has 0 bridgehead atoms. The Morgan fingerprint density at radius 3 is 2.71 bits per heavy atom. The van der Waals surface area contributed by atoms with Crippen molar-refractivity contribution >= 4 is 24.1 Å². The number of esters is 1. The van der Waals surface area contributed by atoms with Crippen molar-refractivity contribution < 1.29 is 14.4 Å². The lowest BCUT2D eigenvalue weighted by Gasteiger charge is -2.24. The van der Waals surface area contributed by atoms with E-state index < -0.39 is 5.60 Å². The second-order valence-electron chi connectivity index (χ2n) is 4.83. The van der Waals surface area contributed by atoms with Gasteiger partial charge >= 0.3 is 5.97 Å². The first-order valence-electron chi connectivity index (χ1n) is 6.85. The SMILES string of the molecule is CCOC(=O)C1(CCc2ccccc2)CC(CN)=NO1.Cl. The number of ether oxygens (including phenoxy) is 1. The second-order valence-corrected chi connectivity index (χ2v) is 4.83. The summed E-state index contributed by atoms with van der Waals surface area (Å²) in [6.45, 7) is 2.40. The largest absolute Gasteiger partial charge is 0.463 e. The summed E-state index contributed by atoms with van der Waals surface area (Å²) in [6.07, 6.45) is 1.67. The van der Waals surface area contributed by atoms with E-state index in [1.54, 1.807) is 6.92 Å². The molecule has 0 spiro atoms. The van der Waals surface area contributed by atoms with Gasteiger partial charge in [0, 0.05) is 19.4 Å². The fourth-order valence-electron chi connectivity index (χ4n) is 2.25.